The summed E-state index contributed by atoms with van der Waals surface area (Å²) in [5.41, 5.74) is 0. The van der Waals surface area contributed by atoms with Crippen LogP contribution in [0.4, 0.5) is 0 Å². The Bertz CT molecular complexity index is 322. The van der Waals surface area contributed by atoms with Crippen LogP contribution in [-0.2, 0) is 32.7 Å². The van der Waals surface area contributed by atoms with Gasteiger partial charge in [0.15, 0.2) is 7.14 Å². The third kappa shape index (κ3) is 9.24. The summed E-state index contributed by atoms with van der Waals surface area (Å²) in [4.78, 5) is 0. The second kappa shape index (κ2) is 15.3. The van der Waals surface area contributed by atoms with E-state index in [0.29, 0.717) is 0 Å². The van der Waals surface area contributed by atoms with Crippen molar-refractivity contribution in [2.45, 2.75) is 27.7 Å². The van der Waals surface area contributed by atoms with Crippen LogP contribution >= 0.6 is 0 Å². The van der Waals surface area contributed by atoms with Crippen molar-refractivity contribution in [2.75, 3.05) is 0 Å². The van der Waals surface area contributed by atoms with Crippen molar-refractivity contribution in [3.63, 3.8) is 0 Å². The van der Waals surface area contributed by atoms with Crippen molar-refractivity contribution in [2.24, 2.45) is 0 Å². The molecule has 0 nitrogen and oxygen atoms in total. The molecule has 2 aromatic carbocycles. The normalized spacial score (nSPS) is 7.78. The smallest absolute Gasteiger partial charge is 0.0683 e. The summed E-state index contributed by atoms with van der Waals surface area (Å²) in [5.74, 6) is 0. The van der Waals surface area contributed by atoms with Crippen molar-refractivity contribution in [1.82, 2.24) is 0 Å². The van der Waals surface area contributed by atoms with Crippen LogP contribution in [0.15, 0.2) is 60.7 Å². The second-order valence-corrected chi connectivity index (χ2v) is 5.72. The quantitative estimate of drug-likeness (QED) is 0.639. The van der Waals surface area contributed by atoms with E-state index in [1.165, 1.54) is 7.14 Å². The number of benzene rings is 2. The van der Waals surface area contributed by atoms with Crippen LogP contribution in [0, 0.1) is 7.14 Å². The molecule has 0 spiro atoms. The van der Waals surface area contributed by atoms with Crippen molar-refractivity contribution < 1.29 is 53.9 Å². The molecule has 0 bridgehead atoms. The Kier molecular flexibility index (Phi) is 17.5. The van der Waals surface area contributed by atoms with Gasteiger partial charge in [-0.3, -0.25) is 0 Å². The molecular weight excluding hydrogens is 408 g/mol. The molecular formula is C16H22IY+. The molecule has 2 aromatic rings. The molecule has 0 aliphatic carbocycles. The van der Waals surface area contributed by atoms with E-state index in [-0.39, 0.29) is 53.9 Å². The first-order chi connectivity index (χ1) is 8.45. The minimum absolute atomic E-state index is 0. The summed E-state index contributed by atoms with van der Waals surface area (Å²) in [7, 11) is 0. The van der Waals surface area contributed by atoms with Gasteiger partial charge in [0, 0.05) is 32.7 Å². The van der Waals surface area contributed by atoms with E-state index >= 15 is 0 Å². The van der Waals surface area contributed by atoms with Crippen LogP contribution in [-0.4, -0.2) is 0 Å². The number of rotatable bonds is 2. The molecule has 0 heterocycles. The fourth-order valence-electron chi connectivity index (χ4n) is 1.08. The number of hydrogen-bond donors (Lipinski definition) is 0. The van der Waals surface area contributed by atoms with Gasteiger partial charge in [-0.15, -0.1) is 0 Å². The van der Waals surface area contributed by atoms with Crippen LogP contribution in [0.5, 0.6) is 0 Å². The van der Waals surface area contributed by atoms with Gasteiger partial charge >= 0.3 is 21.2 Å². The summed E-state index contributed by atoms with van der Waals surface area (Å²) in [6.45, 7) is 8.00. The molecule has 0 fully saturated rings. The topological polar surface area (TPSA) is 0 Å². The van der Waals surface area contributed by atoms with Gasteiger partial charge in [-0.1, -0.05) is 64.1 Å². The fourth-order valence-corrected chi connectivity index (χ4v) is 3.35. The maximum Gasteiger partial charge on any atom is 0.357 e. The summed E-state index contributed by atoms with van der Waals surface area (Å²) >= 11 is 0.0287. The van der Waals surface area contributed by atoms with Crippen LogP contribution in [0.1, 0.15) is 27.7 Å². The number of halogens is 1. The Morgan fingerprint density at radius 1 is 0.556 bits per heavy atom. The van der Waals surface area contributed by atoms with Crippen molar-refractivity contribution in [1.29, 1.82) is 0 Å². The van der Waals surface area contributed by atoms with Gasteiger partial charge in [0.1, 0.15) is 0 Å². The zero-order chi connectivity index (χ0) is 12.9. The Morgan fingerprint density at radius 2 is 0.833 bits per heavy atom. The molecule has 2 heteroatoms. The molecule has 0 aromatic heterocycles. The van der Waals surface area contributed by atoms with E-state index in [1.54, 1.807) is 0 Å². The largest absolute Gasteiger partial charge is 0.357 e. The summed E-state index contributed by atoms with van der Waals surface area (Å²) in [5, 5.41) is 0. The Hall–Kier alpha value is 0.274. The molecule has 1 radical (unpaired) electrons. The van der Waals surface area contributed by atoms with Gasteiger partial charge in [-0.05, 0) is 24.3 Å². The maximum atomic E-state index is 2.21. The van der Waals surface area contributed by atoms with E-state index in [0.717, 1.165) is 0 Å². The van der Waals surface area contributed by atoms with Gasteiger partial charge in [0.25, 0.3) is 0 Å². The van der Waals surface area contributed by atoms with Crippen molar-refractivity contribution in [3.05, 3.63) is 67.8 Å². The van der Waals surface area contributed by atoms with Gasteiger partial charge in [-0.2, -0.15) is 0 Å². The Balaban J connectivity index is 0. The minimum atomic E-state index is 0. The Labute approximate surface area is 148 Å². The molecule has 18 heavy (non-hydrogen) atoms. The van der Waals surface area contributed by atoms with Crippen molar-refractivity contribution >= 4 is 0 Å². The first kappa shape index (κ1) is 20.6. The zero-order valence-electron chi connectivity index (χ0n) is 11.7. The minimum Gasteiger partial charge on any atom is -0.0683 e. The fraction of sp³-hybridized carbons (Fsp3) is 0.250. The van der Waals surface area contributed by atoms with Gasteiger partial charge in [0.2, 0.25) is 0 Å². The van der Waals surface area contributed by atoms with Gasteiger partial charge in [-0.25, -0.2) is 0 Å². The average Bonchev–Trinajstić information content (AvgIpc) is 2.45. The second-order valence-electron chi connectivity index (χ2n) is 2.69. The monoisotopic (exact) mass is 430 g/mol. The summed E-state index contributed by atoms with van der Waals surface area (Å²) < 4.78 is 2.96. The van der Waals surface area contributed by atoms with Gasteiger partial charge < -0.3 is 0 Å². The molecule has 0 N–H and O–H groups in total. The van der Waals surface area contributed by atoms with E-state index in [4.69, 9.17) is 0 Å². The molecule has 0 atom stereocenters. The third-order valence-electron chi connectivity index (χ3n) is 1.68. The molecule has 0 aliphatic rings. The van der Waals surface area contributed by atoms with Crippen LogP contribution in [0.3, 0.4) is 0 Å². The van der Waals surface area contributed by atoms with E-state index in [1.807, 2.05) is 27.7 Å². The summed E-state index contributed by atoms with van der Waals surface area (Å²) in [6, 6.07) is 21.4. The standard InChI is InChI=1S/C12H10I.2C2H6.Y/c1-3-7-11(8-4-1)13-12-9-5-2-6-10-12;2*1-2;/h1-10H;2*1-2H3;/q+1;;;. The average molecular weight is 430 g/mol. The molecule has 0 saturated heterocycles. The van der Waals surface area contributed by atoms with Crippen molar-refractivity contribution in [3.8, 4) is 0 Å². The first-order valence-electron chi connectivity index (χ1n) is 6.20. The SMILES string of the molecule is CC.CC.[Y].c1ccc([I+]c2ccccc2)cc1. The van der Waals surface area contributed by atoms with E-state index < -0.39 is 0 Å². The molecule has 2 rings (SSSR count). The molecule has 0 unspecified atom stereocenters. The predicted molar refractivity (Wildman–Crippen MR) is 73.0 cm³/mol. The van der Waals surface area contributed by atoms with Crippen LogP contribution in [0.2, 0.25) is 0 Å². The molecule has 95 valence electrons. The zero-order valence-corrected chi connectivity index (χ0v) is 16.7. The van der Waals surface area contributed by atoms with Crippen LogP contribution < -0.4 is 21.2 Å². The first-order valence-corrected chi connectivity index (χ1v) is 8.36. The maximum absolute atomic E-state index is 2.21. The molecule has 0 saturated carbocycles. The van der Waals surface area contributed by atoms with E-state index in [9.17, 15) is 0 Å². The summed E-state index contributed by atoms with van der Waals surface area (Å²) in [6.07, 6.45) is 0. The number of hydrogen-bond acceptors (Lipinski definition) is 0. The predicted octanol–water partition coefficient (Wildman–Crippen LogP) is 1.86. The Morgan fingerprint density at radius 3 is 1.11 bits per heavy atom. The van der Waals surface area contributed by atoms with Crippen LogP contribution in [0.25, 0.3) is 0 Å². The van der Waals surface area contributed by atoms with E-state index in [2.05, 4.69) is 60.7 Å². The third-order valence-corrected chi connectivity index (χ3v) is 4.37. The molecule has 0 amide bonds. The molecule has 0 aliphatic heterocycles. The van der Waals surface area contributed by atoms with Gasteiger partial charge in [0.05, 0.1) is 0 Å².